The molecule has 0 N–H and O–H groups in total. The highest BCUT2D eigenvalue weighted by Gasteiger charge is 2.23. The van der Waals surface area contributed by atoms with E-state index in [9.17, 15) is 8.42 Å². The predicted molar refractivity (Wildman–Crippen MR) is 107 cm³/mol. The molecule has 0 radical (unpaired) electrons. The topological polar surface area (TPSA) is 68.1 Å². The first kappa shape index (κ1) is 20.9. The number of sulfonamides is 1. The summed E-state index contributed by atoms with van der Waals surface area (Å²) in [5.41, 5.74) is 0.772. The van der Waals surface area contributed by atoms with Gasteiger partial charge in [-0.05, 0) is 31.2 Å². The van der Waals surface area contributed by atoms with Crippen LogP contribution in [-0.4, -0.2) is 46.3 Å². The van der Waals surface area contributed by atoms with E-state index in [-0.39, 0.29) is 6.04 Å². The Morgan fingerprint density at radius 2 is 1.85 bits per heavy atom. The number of thioether (sulfide) groups is 1. The van der Waals surface area contributed by atoms with Crippen molar-refractivity contribution < 1.29 is 8.42 Å². The molecule has 1 atom stereocenters. The zero-order valence-corrected chi connectivity index (χ0v) is 17.8. The summed E-state index contributed by atoms with van der Waals surface area (Å²) in [5.74, 6) is 1.62. The van der Waals surface area contributed by atoms with Crippen molar-refractivity contribution in [2.75, 3.05) is 18.8 Å². The first-order valence-electron chi connectivity index (χ1n) is 9.08. The molecule has 0 unspecified atom stereocenters. The quantitative estimate of drug-likeness (QED) is 0.598. The molecule has 2 rings (SSSR count). The predicted octanol–water partition coefficient (Wildman–Crippen LogP) is 4.06. The Labute approximate surface area is 161 Å². The van der Waals surface area contributed by atoms with Crippen molar-refractivity contribution in [3.63, 3.8) is 0 Å². The zero-order valence-electron chi connectivity index (χ0n) is 16.1. The summed E-state index contributed by atoms with van der Waals surface area (Å²) in [4.78, 5) is 0.294. The van der Waals surface area contributed by atoms with E-state index in [1.165, 1.54) is 4.31 Å². The normalized spacial score (nSPS) is 13.3. The van der Waals surface area contributed by atoms with Gasteiger partial charge in [0.25, 0.3) is 0 Å². The summed E-state index contributed by atoms with van der Waals surface area (Å²) >= 11 is 1.65. The fourth-order valence-electron chi connectivity index (χ4n) is 2.79. The van der Waals surface area contributed by atoms with E-state index in [4.69, 9.17) is 0 Å². The smallest absolute Gasteiger partial charge is 0.243 e. The number of benzene rings is 1. The molecule has 6 nitrogen and oxygen atoms in total. The van der Waals surface area contributed by atoms with Gasteiger partial charge in [0, 0.05) is 24.7 Å². The highest BCUT2D eigenvalue weighted by Crippen LogP contribution is 2.30. The Balaban J connectivity index is 2.55. The van der Waals surface area contributed by atoms with Crippen LogP contribution in [0.5, 0.6) is 0 Å². The number of hydrogen-bond acceptors (Lipinski definition) is 5. The second-order valence-corrected chi connectivity index (χ2v) is 9.15. The molecule has 2 aromatic rings. The second-order valence-electron chi connectivity index (χ2n) is 5.98. The van der Waals surface area contributed by atoms with Crippen molar-refractivity contribution in [2.24, 2.45) is 0 Å². The van der Waals surface area contributed by atoms with Gasteiger partial charge in [0.05, 0.1) is 4.90 Å². The van der Waals surface area contributed by atoms with Gasteiger partial charge in [-0.15, -0.1) is 10.2 Å². The van der Waals surface area contributed by atoms with E-state index in [1.807, 2.05) is 19.9 Å². The first-order valence-corrected chi connectivity index (χ1v) is 11.5. The Morgan fingerprint density at radius 3 is 2.42 bits per heavy atom. The second kappa shape index (κ2) is 9.01. The molecule has 8 heteroatoms. The van der Waals surface area contributed by atoms with E-state index < -0.39 is 10.0 Å². The van der Waals surface area contributed by atoms with Crippen LogP contribution in [0.3, 0.4) is 0 Å². The van der Waals surface area contributed by atoms with Crippen LogP contribution in [0.4, 0.5) is 0 Å². The molecule has 26 heavy (non-hydrogen) atoms. The summed E-state index contributed by atoms with van der Waals surface area (Å²) < 4.78 is 29.2. The SMILES string of the molecule is CCSc1nnc(-c2cccc(S(=O)(=O)N(CC)CC)c2)n1[C@H](C)CC. The largest absolute Gasteiger partial charge is 0.299 e. The van der Waals surface area contributed by atoms with Gasteiger partial charge in [0.15, 0.2) is 11.0 Å². The first-order chi connectivity index (χ1) is 12.4. The van der Waals surface area contributed by atoms with E-state index in [1.54, 1.807) is 30.0 Å². The lowest BCUT2D eigenvalue weighted by Gasteiger charge is -2.19. The minimum atomic E-state index is -3.50. The molecule has 0 bridgehead atoms. The lowest BCUT2D eigenvalue weighted by atomic mass is 10.2. The molecule has 1 heterocycles. The Bertz CT molecular complexity index is 829. The van der Waals surface area contributed by atoms with Crippen LogP contribution in [0.2, 0.25) is 0 Å². The average molecular weight is 397 g/mol. The maximum absolute atomic E-state index is 12.8. The van der Waals surface area contributed by atoms with Crippen LogP contribution >= 0.6 is 11.8 Å². The third-order valence-corrected chi connectivity index (χ3v) is 7.28. The molecule has 1 aromatic carbocycles. The molecule has 0 saturated heterocycles. The summed E-state index contributed by atoms with van der Waals surface area (Å²) in [7, 11) is -3.50. The Morgan fingerprint density at radius 1 is 1.15 bits per heavy atom. The van der Waals surface area contributed by atoms with Crippen molar-refractivity contribution in [3.05, 3.63) is 24.3 Å². The minimum absolute atomic E-state index is 0.233. The maximum atomic E-state index is 12.8. The zero-order chi connectivity index (χ0) is 19.3. The summed E-state index contributed by atoms with van der Waals surface area (Å²) in [6, 6.07) is 7.25. The van der Waals surface area contributed by atoms with Crippen molar-refractivity contribution in [1.29, 1.82) is 0 Å². The molecule has 1 aromatic heterocycles. The lowest BCUT2D eigenvalue weighted by molar-refractivity contribution is 0.445. The van der Waals surface area contributed by atoms with Crippen LogP contribution in [0.1, 0.15) is 47.1 Å². The van der Waals surface area contributed by atoms with E-state index >= 15 is 0 Å². The molecular formula is C18H28N4O2S2. The van der Waals surface area contributed by atoms with Crippen molar-refractivity contribution in [2.45, 2.75) is 57.1 Å². The molecular weight excluding hydrogens is 368 g/mol. The summed E-state index contributed by atoms with van der Waals surface area (Å²) in [6.45, 7) is 10.9. The number of hydrogen-bond donors (Lipinski definition) is 0. The van der Waals surface area contributed by atoms with Crippen molar-refractivity contribution in [3.8, 4) is 11.4 Å². The van der Waals surface area contributed by atoms with Crippen molar-refractivity contribution in [1.82, 2.24) is 19.1 Å². The van der Waals surface area contributed by atoms with Gasteiger partial charge in [-0.1, -0.05) is 51.6 Å². The highest BCUT2D eigenvalue weighted by atomic mass is 32.2. The molecule has 0 spiro atoms. The fourth-order valence-corrected chi connectivity index (χ4v) is 5.06. The van der Waals surface area contributed by atoms with Gasteiger partial charge >= 0.3 is 0 Å². The highest BCUT2D eigenvalue weighted by molar-refractivity contribution is 7.99. The van der Waals surface area contributed by atoms with Gasteiger partial charge in [-0.3, -0.25) is 4.57 Å². The Kier molecular flexibility index (Phi) is 7.25. The van der Waals surface area contributed by atoms with Crippen LogP contribution in [0, 0.1) is 0 Å². The number of aromatic nitrogens is 3. The van der Waals surface area contributed by atoms with Gasteiger partial charge in [0.1, 0.15) is 0 Å². The average Bonchev–Trinajstić information content (AvgIpc) is 3.06. The third kappa shape index (κ3) is 4.13. The molecule has 0 aliphatic carbocycles. The molecule has 0 saturated carbocycles. The summed E-state index contributed by atoms with van der Waals surface area (Å²) in [5, 5.41) is 9.56. The lowest BCUT2D eigenvalue weighted by Crippen LogP contribution is -2.30. The molecule has 0 amide bonds. The summed E-state index contributed by atoms with van der Waals surface area (Å²) in [6.07, 6.45) is 0.944. The monoisotopic (exact) mass is 396 g/mol. The number of rotatable bonds is 9. The van der Waals surface area contributed by atoms with Crippen LogP contribution < -0.4 is 0 Å². The molecule has 144 valence electrons. The van der Waals surface area contributed by atoms with Crippen LogP contribution in [0.15, 0.2) is 34.3 Å². The van der Waals surface area contributed by atoms with E-state index in [2.05, 4.69) is 35.5 Å². The number of nitrogens with zero attached hydrogens (tertiary/aromatic N) is 4. The molecule has 0 aliphatic heterocycles. The van der Waals surface area contributed by atoms with Gasteiger partial charge in [-0.2, -0.15) is 4.31 Å². The van der Waals surface area contributed by atoms with Gasteiger partial charge in [-0.25, -0.2) is 8.42 Å². The van der Waals surface area contributed by atoms with Gasteiger partial charge in [0.2, 0.25) is 10.0 Å². The van der Waals surface area contributed by atoms with Crippen LogP contribution in [-0.2, 0) is 10.0 Å². The van der Waals surface area contributed by atoms with Crippen molar-refractivity contribution >= 4 is 21.8 Å². The molecule has 0 aliphatic rings. The standard InChI is InChI=1S/C18H28N4O2S2/c1-6-14(5)22-17(19-20-18(22)25-9-4)15-11-10-12-16(13-15)26(23,24)21(7-2)8-3/h10-14H,6-9H2,1-5H3/t14-/m1/s1. The van der Waals surface area contributed by atoms with E-state index in [0.717, 1.165) is 22.9 Å². The van der Waals surface area contributed by atoms with Crippen LogP contribution in [0.25, 0.3) is 11.4 Å². The Hall–Kier alpha value is -1.38. The third-order valence-electron chi connectivity index (χ3n) is 4.40. The molecule has 0 fully saturated rings. The minimum Gasteiger partial charge on any atom is -0.299 e. The van der Waals surface area contributed by atoms with E-state index in [0.29, 0.717) is 23.8 Å². The fraction of sp³-hybridized carbons (Fsp3) is 0.556. The van der Waals surface area contributed by atoms with Gasteiger partial charge < -0.3 is 0 Å². The maximum Gasteiger partial charge on any atom is 0.243 e.